The molecule has 2 aliphatic heterocycles. The highest BCUT2D eigenvalue weighted by atomic mass is 19.1. The molecule has 7 N–H and O–H groups in total. The Labute approximate surface area is 370 Å². The monoisotopic (exact) mass is 883 g/mol. The molecule has 334 valence electrons. The fourth-order valence-electron chi connectivity index (χ4n) is 9.94. The third-order valence-electron chi connectivity index (χ3n) is 13.1. The molecule has 10 nitrogen and oxygen atoms in total. The van der Waals surface area contributed by atoms with Gasteiger partial charge in [-0.15, -0.1) is 0 Å². The quantitative estimate of drug-likeness (QED) is 0.0512. The van der Waals surface area contributed by atoms with Gasteiger partial charge in [0.05, 0.1) is 41.4 Å². The normalized spacial score (nSPS) is 16.4. The average Bonchev–Trinajstić information content (AvgIpc) is 4.14. The standard InChI is InChI=1S/C26H26F2N4O.C25H23F2N3O2/c27-15-2-4-22-18(12-15)20-14-21-19-13-16(28)3-5-23(19)32-25(21)26(24(20)31-22)33-11-1-8-30-17-6-9-29-10-7-17;26-14-2-4-21-17(10-14)19-12-20-18-11-15(27)3-5-22(18)29-24(20)25(23(19)28-21)32-9-1-7-30-8-6-16(31)13-30/h2-5,12-14,17,29-32H,1,6-11H2;2-5,10-12,16,28-29,31H,1,6-9,13H2. The number of nitrogens with one attached hydrogen (secondary N) is 6. The van der Waals surface area contributed by atoms with Gasteiger partial charge in [-0.2, -0.15) is 0 Å². The number of fused-ring (bicyclic) bond motifs is 12. The first-order valence-electron chi connectivity index (χ1n) is 22.5. The van der Waals surface area contributed by atoms with Crippen molar-refractivity contribution in [2.45, 2.75) is 44.2 Å². The number of aliphatic hydroxyl groups excluding tert-OH is 1. The van der Waals surface area contributed by atoms with Crippen LogP contribution in [0.15, 0.2) is 84.9 Å². The molecule has 10 aromatic rings. The number of ether oxygens (including phenoxy) is 2. The van der Waals surface area contributed by atoms with E-state index in [0.717, 1.165) is 152 Å². The number of benzene rings is 6. The molecule has 6 aromatic carbocycles. The van der Waals surface area contributed by atoms with E-state index >= 15 is 0 Å². The van der Waals surface area contributed by atoms with E-state index in [-0.39, 0.29) is 29.4 Å². The van der Waals surface area contributed by atoms with E-state index in [0.29, 0.717) is 37.3 Å². The number of aromatic amines is 4. The van der Waals surface area contributed by atoms with Gasteiger partial charge in [-0.3, -0.25) is 0 Å². The van der Waals surface area contributed by atoms with E-state index in [9.17, 15) is 22.7 Å². The van der Waals surface area contributed by atoms with Gasteiger partial charge < -0.3 is 50.0 Å². The Morgan fingerprint density at radius 1 is 0.538 bits per heavy atom. The van der Waals surface area contributed by atoms with Crippen LogP contribution in [-0.4, -0.2) is 94.6 Å². The number of hydrogen-bond acceptors (Lipinski definition) is 6. The zero-order valence-electron chi connectivity index (χ0n) is 35.7. The average molecular weight is 884 g/mol. The minimum absolute atomic E-state index is 0.234. The maximum atomic E-state index is 14.0. The lowest BCUT2D eigenvalue weighted by Crippen LogP contribution is -2.40. The summed E-state index contributed by atoms with van der Waals surface area (Å²) in [5.74, 6) is 0.155. The first-order valence-corrected chi connectivity index (χ1v) is 22.5. The smallest absolute Gasteiger partial charge is 0.167 e. The molecule has 14 heteroatoms. The SMILES string of the molecule is Fc1ccc2[nH]c3c(OCCCNC4CCNCC4)c4[nH]c5ccc(F)cc5c4cc3c2c1.OC1CCN(CCCOc2c3[nH]c4ccc(F)cc4c3cc3c2[nH]c2ccc(F)cc23)C1. The molecule has 0 bridgehead atoms. The minimum atomic E-state index is -0.307. The molecule has 1 atom stereocenters. The van der Waals surface area contributed by atoms with Crippen molar-refractivity contribution in [1.82, 2.24) is 35.5 Å². The van der Waals surface area contributed by atoms with Crippen molar-refractivity contribution in [3.63, 3.8) is 0 Å². The van der Waals surface area contributed by atoms with Gasteiger partial charge in [0.25, 0.3) is 0 Å². The van der Waals surface area contributed by atoms with Crippen molar-refractivity contribution < 1.29 is 32.1 Å². The van der Waals surface area contributed by atoms with Crippen LogP contribution < -0.4 is 20.1 Å². The van der Waals surface area contributed by atoms with Crippen LogP contribution in [0.2, 0.25) is 0 Å². The zero-order chi connectivity index (χ0) is 44.2. The van der Waals surface area contributed by atoms with E-state index in [2.05, 4.69) is 35.5 Å². The summed E-state index contributed by atoms with van der Waals surface area (Å²) in [6, 6.07) is 23.3. The number of likely N-dealkylation sites (tertiary alicyclic amines) is 1. The van der Waals surface area contributed by atoms with Gasteiger partial charge in [0.1, 0.15) is 23.3 Å². The number of aromatic nitrogens is 4. The predicted octanol–water partition coefficient (Wildman–Crippen LogP) is 10.4. The van der Waals surface area contributed by atoms with Crippen molar-refractivity contribution >= 4 is 87.2 Å². The van der Waals surface area contributed by atoms with E-state index < -0.39 is 0 Å². The summed E-state index contributed by atoms with van der Waals surface area (Å²) in [6.07, 6.45) is 4.57. The Kier molecular flexibility index (Phi) is 11.0. The zero-order valence-corrected chi connectivity index (χ0v) is 35.7. The number of aliphatic hydroxyl groups is 1. The molecule has 6 heterocycles. The van der Waals surface area contributed by atoms with Crippen molar-refractivity contribution in [3.05, 3.63) is 108 Å². The molecule has 1 unspecified atom stereocenters. The lowest BCUT2D eigenvalue weighted by atomic mass is 10.1. The number of rotatable bonds is 11. The second-order valence-electron chi connectivity index (χ2n) is 17.5. The number of piperidine rings is 1. The number of H-pyrrole nitrogens is 4. The molecule has 0 aliphatic carbocycles. The fraction of sp³-hybridized carbons (Fsp3) is 0.294. The number of hydrogen-bond donors (Lipinski definition) is 7. The van der Waals surface area contributed by atoms with Crippen molar-refractivity contribution in [1.29, 1.82) is 0 Å². The Balaban J connectivity index is 0.000000144. The first kappa shape index (κ1) is 41.4. The molecule has 0 spiro atoms. The molecule has 2 fully saturated rings. The van der Waals surface area contributed by atoms with Gasteiger partial charge in [0.2, 0.25) is 0 Å². The van der Waals surface area contributed by atoms with Gasteiger partial charge in [-0.05, 0) is 137 Å². The molecule has 12 rings (SSSR count). The van der Waals surface area contributed by atoms with Gasteiger partial charge in [0.15, 0.2) is 11.5 Å². The van der Waals surface area contributed by atoms with Crippen LogP contribution in [0.5, 0.6) is 11.5 Å². The molecule has 65 heavy (non-hydrogen) atoms. The highest BCUT2D eigenvalue weighted by Gasteiger charge is 2.22. The third-order valence-corrected chi connectivity index (χ3v) is 13.1. The molecule has 2 saturated heterocycles. The van der Waals surface area contributed by atoms with Crippen molar-refractivity contribution in [2.24, 2.45) is 0 Å². The predicted molar refractivity (Wildman–Crippen MR) is 251 cm³/mol. The number of β-amino-alcohol motifs (C(OH)–C–C–N with tert-alkyl or cyclic N) is 1. The molecule has 0 amide bonds. The molecule has 2 aliphatic rings. The topological polar surface area (TPSA) is 129 Å². The maximum Gasteiger partial charge on any atom is 0.167 e. The second-order valence-corrected chi connectivity index (χ2v) is 17.5. The second kappa shape index (κ2) is 17.2. The third kappa shape index (κ3) is 7.98. The highest BCUT2D eigenvalue weighted by Crippen LogP contribution is 2.43. The van der Waals surface area contributed by atoms with E-state index in [1.54, 1.807) is 24.3 Å². The van der Waals surface area contributed by atoms with Crippen LogP contribution in [0.4, 0.5) is 17.6 Å². The Morgan fingerprint density at radius 2 is 0.954 bits per heavy atom. The van der Waals surface area contributed by atoms with Gasteiger partial charge in [-0.1, -0.05) is 0 Å². The summed E-state index contributed by atoms with van der Waals surface area (Å²) in [5.41, 5.74) is 6.55. The highest BCUT2D eigenvalue weighted by molar-refractivity contribution is 6.22. The van der Waals surface area contributed by atoms with E-state index in [1.807, 2.05) is 12.1 Å². The molecule has 0 radical (unpaired) electrons. The fourth-order valence-corrected chi connectivity index (χ4v) is 9.94. The molecular formula is C51H49F4N7O3. The summed E-state index contributed by atoms with van der Waals surface area (Å²) in [5, 5.41) is 23.2. The minimum Gasteiger partial charge on any atom is -0.489 e. The van der Waals surface area contributed by atoms with Crippen LogP contribution in [0.25, 0.3) is 87.2 Å². The lowest BCUT2D eigenvalue weighted by Gasteiger charge is -2.23. The van der Waals surface area contributed by atoms with Crippen molar-refractivity contribution in [3.8, 4) is 11.5 Å². The number of halogens is 4. The Hall–Kier alpha value is -6.32. The largest absolute Gasteiger partial charge is 0.489 e. The number of nitrogens with zero attached hydrogens (tertiary/aromatic N) is 1. The van der Waals surface area contributed by atoms with Gasteiger partial charge in [0, 0.05) is 90.8 Å². The van der Waals surface area contributed by atoms with E-state index in [1.165, 1.54) is 48.5 Å². The molecule has 4 aromatic heterocycles. The van der Waals surface area contributed by atoms with Crippen LogP contribution in [0.1, 0.15) is 32.1 Å². The van der Waals surface area contributed by atoms with Crippen LogP contribution in [0, 0.1) is 23.3 Å². The Morgan fingerprint density at radius 3 is 1.35 bits per heavy atom. The van der Waals surface area contributed by atoms with Crippen LogP contribution in [0.3, 0.4) is 0 Å². The first-order chi connectivity index (χ1) is 31.7. The van der Waals surface area contributed by atoms with Gasteiger partial charge in [-0.25, -0.2) is 17.6 Å². The maximum absolute atomic E-state index is 14.0. The van der Waals surface area contributed by atoms with Crippen molar-refractivity contribution in [2.75, 3.05) is 52.5 Å². The Bertz CT molecular complexity index is 3200. The summed E-state index contributed by atoms with van der Waals surface area (Å²) in [4.78, 5) is 15.8. The van der Waals surface area contributed by atoms with E-state index in [4.69, 9.17) is 9.47 Å². The summed E-state index contributed by atoms with van der Waals surface area (Å²) in [6.45, 7) is 6.52. The summed E-state index contributed by atoms with van der Waals surface area (Å²) in [7, 11) is 0. The van der Waals surface area contributed by atoms with Gasteiger partial charge >= 0.3 is 0 Å². The summed E-state index contributed by atoms with van der Waals surface area (Å²) >= 11 is 0. The summed E-state index contributed by atoms with van der Waals surface area (Å²) < 4.78 is 68.7. The van der Waals surface area contributed by atoms with Crippen LogP contribution >= 0.6 is 0 Å². The molecular weight excluding hydrogens is 835 g/mol. The lowest BCUT2D eigenvalue weighted by molar-refractivity contribution is 0.173. The van der Waals surface area contributed by atoms with Crippen LogP contribution in [-0.2, 0) is 0 Å². The molecule has 0 saturated carbocycles.